The van der Waals surface area contributed by atoms with Gasteiger partial charge in [0, 0.05) is 12.5 Å². The van der Waals surface area contributed by atoms with Crippen LogP contribution in [-0.2, 0) is 4.79 Å². The zero-order chi connectivity index (χ0) is 18.1. The Kier molecular flexibility index (Phi) is 4.82. The summed E-state index contributed by atoms with van der Waals surface area (Å²) in [5.74, 6) is -0.632. The summed E-state index contributed by atoms with van der Waals surface area (Å²) in [6, 6.07) is 1.87. The smallest absolute Gasteiger partial charge is 0.252 e. The molecule has 0 aromatic carbocycles. The van der Waals surface area contributed by atoms with Gasteiger partial charge in [-0.3, -0.25) is 9.59 Å². The van der Waals surface area contributed by atoms with Crippen LogP contribution in [-0.4, -0.2) is 27.5 Å². The van der Waals surface area contributed by atoms with Crippen molar-refractivity contribution in [3.63, 3.8) is 0 Å². The van der Waals surface area contributed by atoms with Crippen LogP contribution in [0.25, 0.3) is 5.52 Å². The number of anilines is 2. The molecule has 0 radical (unpaired) electrons. The molecule has 0 spiro atoms. The van der Waals surface area contributed by atoms with E-state index in [0.29, 0.717) is 28.9 Å². The van der Waals surface area contributed by atoms with Gasteiger partial charge in [-0.2, -0.15) is 5.10 Å². The fraction of sp³-hybridized carbons (Fsp3) is 0.471. The minimum Gasteiger partial charge on any atom is -0.380 e. The molecule has 0 unspecified atom stereocenters. The van der Waals surface area contributed by atoms with Gasteiger partial charge in [0.2, 0.25) is 5.91 Å². The highest BCUT2D eigenvalue weighted by molar-refractivity contribution is 6.02. The van der Waals surface area contributed by atoms with Crippen molar-refractivity contribution < 1.29 is 9.59 Å². The lowest BCUT2D eigenvalue weighted by Crippen LogP contribution is -2.32. The average molecular weight is 331 g/mol. The summed E-state index contributed by atoms with van der Waals surface area (Å²) in [5.41, 5.74) is 7.75. The fourth-order valence-corrected chi connectivity index (χ4v) is 2.15. The van der Waals surface area contributed by atoms with E-state index in [9.17, 15) is 9.59 Å². The molecule has 0 saturated heterocycles. The zero-order valence-corrected chi connectivity index (χ0v) is 14.8. The Labute approximate surface area is 141 Å². The second-order valence-corrected chi connectivity index (χ2v) is 6.99. The molecule has 0 bridgehead atoms. The molecule has 0 saturated carbocycles. The van der Waals surface area contributed by atoms with Crippen LogP contribution in [0.15, 0.2) is 18.5 Å². The molecule has 2 aromatic heterocycles. The van der Waals surface area contributed by atoms with Gasteiger partial charge in [-0.1, -0.05) is 27.7 Å². The van der Waals surface area contributed by atoms with Crippen molar-refractivity contribution in [2.24, 2.45) is 11.1 Å². The first-order valence-corrected chi connectivity index (χ1v) is 8.01. The van der Waals surface area contributed by atoms with E-state index in [-0.39, 0.29) is 17.4 Å². The van der Waals surface area contributed by atoms with Gasteiger partial charge in [0.15, 0.2) is 0 Å². The standard InChI is InChI=1S/C17H25N5O2/c1-6-14(23)21-11-7-13-15(20-10(2)17(3,4)5)12(16(18)24)8-19-22(13)9-11/h7-10,20H,6H2,1-5H3,(H2,18,24)(H,21,23)/t10-/m1/s1. The quantitative estimate of drug-likeness (QED) is 0.784. The zero-order valence-electron chi connectivity index (χ0n) is 14.8. The molecular weight excluding hydrogens is 306 g/mol. The highest BCUT2D eigenvalue weighted by Gasteiger charge is 2.23. The van der Waals surface area contributed by atoms with E-state index in [1.807, 2.05) is 6.92 Å². The number of nitrogens with zero attached hydrogens (tertiary/aromatic N) is 2. The second kappa shape index (κ2) is 6.51. The van der Waals surface area contributed by atoms with Crippen LogP contribution in [0.2, 0.25) is 0 Å². The Morgan fingerprint density at radius 2 is 2.04 bits per heavy atom. The van der Waals surface area contributed by atoms with Crippen LogP contribution in [0, 0.1) is 5.41 Å². The molecule has 4 N–H and O–H groups in total. The Morgan fingerprint density at radius 3 is 2.58 bits per heavy atom. The Balaban J connectivity index is 2.53. The minimum atomic E-state index is -0.547. The third kappa shape index (κ3) is 3.67. The van der Waals surface area contributed by atoms with E-state index in [2.05, 4.69) is 36.5 Å². The monoisotopic (exact) mass is 331 g/mol. The highest BCUT2D eigenvalue weighted by atomic mass is 16.1. The number of hydrogen-bond donors (Lipinski definition) is 3. The second-order valence-electron chi connectivity index (χ2n) is 6.99. The summed E-state index contributed by atoms with van der Waals surface area (Å²) in [6.45, 7) is 10.2. The van der Waals surface area contributed by atoms with E-state index in [0.717, 1.165) is 0 Å². The number of primary amides is 1. The molecule has 0 aliphatic rings. The molecule has 2 amide bonds. The molecule has 2 aromatic rings. The number of hydrogen-bond acceptors (Lipinski definition) is 4. The topological polar surface area (TPSA) is 102 Å². The van der Waals surface area contributed by atoms with Gasteiger partial charge in [0.1, 0.15) is 0 Å². The first kappa shape index (κ1) is 17.8. The molecule has 0 aliphatic carbocycles. The number of carbonyl (C=O) groups excluding carboxylic acids is 2. The molecule has 24 heavy (non-hydrogen) atoms. The van der Waals surface area contributed by atoms with Crippen molar-refractivity contribution in [1.29, 1.82) is 0 Å². The van der Waals surface area contributed by atoms with Crippen LogP contribution in [0.5, 0.6) is 0 Å². The van der Waals surface area contributed by atoms with E-state index in [1.165, 1.54) is 6.20 Å². The molecule has 130 valence electrons. The predicted octanol–water partition coefficient (Wildman–Crippen LogP) is 2.63. The Bertz CT molecular complexity index is 773. The van der Waals surface area contributed by atoms with Gasteiger partial charge >= 0.3 is 0 Å². The molecule has 2 heterocycles. The van der Waals surface area contributed by atoms with Gasteiger partial charge in [0.05, 0.1) is 34.8 Å². The van der Waals surface area contributed by atoms with E-state index in [4.69, 9.17) is 5.73 Å². The third-order valence-electron chi connectivity index (χ3n) is 4.17. The van der Waals surface area contributed by atoms with Crippen LogP contribution in [0.1, 0.15) is 51.4 Å². The predicted molar refractivity (Wildman–Crippen MR) is 95.2 cm³/mol. The van der Waals surface area contributed by atoms with Gasteiger partial charge in [0.25, 0.3) is 5.91 Å². The molecule has 7 nitrogen and oxygen atoms in total. The molecule has 2 rings (SSSR count). The molecule has 0 fully saturated rings. The summed E-state index contributed by atoms with van der Waals surface area (Å²) in [4.78, 5) is 23.4. The first-order chi connectivity index (χ1) is 11.1. The molecule has 0 aliphatic heterocycles. The van der Waals surface area contributed by atoms with Crippen molar-refractivity contribution in [2.45, 2.75) is 47.1 Å². The number of nitrogens with two attached hydrogens (primary N) is 1. The minimum absolute atomic E-state index is 0.0129. The third-order valence-corrected chi connectivity index (χ3v) is 4.17. The number of fused-ring (bicyclic) bond motifs is 1. The summed E-state index contributed by atoms with van der Waals surface area (Å²) < 4.78 is 1.62. The maximum atomic E-state index is 11.8. The van der Waals surface area contributed by atoms with E-state index >= 15 is 0 Å². The normalized spacial score (nSPS) is 12.9. The van der Waals surface area contributed by atoms with Crippen molar-refractivity contribution in [3.8, 4) is 0 Å². The Morgan fingerprint density at radius 1 is 1.38 bits per heavy atom. The molecule has 7 heteroatoms. The average Bonchev–Trinajstić information content (AvgIpc) is 2.88. The highest BCUT2D eigenvalue weighted by Crippen LogP contribution is 2.29. The maximum Gasteiger partial charge on any atom is 0.252 e. The fourth-order valence-electron chi connectivity index (χ4n) is 2.15. The van der Waals surface area contributed by atoms with Gasteiger partial charge in [-0.15, -0.1) is 0 Å². The van der Waals surface area contributed by atoms with E-state index in [1.54, 1.807) is 23.7 Å². The SMILES string of the molecule is CCC(=O)Nc1cc2c(N[C@H](C)C(C)(C)C)c(C(N)=O)cnn2c1. The van der Waals surface area contributed by atoms with Crippen molar-refractivity contribution >= 4 is 28.7 Å². The van der Waals surface area contributed by atoms with Crippen molar-refractivity contribution in [3.05, 3.63) is 24.0 Å². The lowest BCUT2D eigenvalue weighted by molar-refractivity contribution is -0.115. The van der Waals surface area contributed by atoms with E-state index < -0.39 is 5.91 Å². The van der Waals surface area contributed by atoms with Crippen LogP contribution in [0.4, 0.5) is 11.4 Å². The molecule has 1 atom stereocenters. The van der Waals surface area contributed by atoms with Crippen LogP contribution in [0.3, 0.4) is 0 Å². The summed E-state index contributed by atoms with van der Waals surface area (Å²) in [6.07, 6.45) is 3.54. The summed E-state index contributed by atoms with van der Waals surface area (Å²) in [5, 5.41) is 10.4. The summed E-state index contributed by atoms with van der Waals surface area (Å²) in [7, 11) is 0. The number of nitrogens with one attached hydrogen (secondary N) is 2. The summed E-state index contributed by atoms with van der Waals surface area (Å²) >= 11 is 0. The largest absolute Gasteiger partial charge is 0.380 e. The van der Waals surface area contributed by atoms with Crippen LogP contribution >= 0.6 is 0 Å². The number of aromatic nitrogens is 2. The van der Waals surface area contributed by atoms with Gasteiger partial charge in [-0.25, -0.2) is 4.52 Å². The first-order valence-electron chi connectivity index (χ1n) is 8.01. The van der Waals surface area contributed by atoms with Crippen LogP contribution < -0.4 is 16.4 Å². The molecular formula is C17H25N5O2. The lowest BCUT2D eigenvalue weighted by atomic mass is 9.88. The Hall–Kier alpha value is -2.57. The van der Waals surface area contributed by atoms with Crippen molar-refractivity contribution in [2.75, 3.05) is 10.6 Å². The number of amides is 2. The number of rotatable bonds is 5. The van der Waals surface area contributed by atoms with Gasteiger partial charge < -0.3 is 16.4 Å². The van der Waals surface area contributed by atoms with Gasteiger partial charge in [-0.05, 0) is 18.4 Å². The lowest BCUT2D eigenvalue weighted by Gasteiger charge is -2.29. The van der Waals surface area contributed by atoms with Crippen molar-refractivity contribution in [1.82, 2.24) is 9.61 Å². The number of carbonyl (C=O) groups is 2. The maximum absolute atomic E-state index is 11.8.